The van der Waals surface area contributed by atoms with Crippen LogP contribution in [0.25, 0.3) is 0 Å². The minimum Gasteiger partial charge on any atom is -0.494 e. The van der Waals surface area contributed by atoms with Crippen LogP contribution in [0.4, 0.5) is 5.69 Å². The van der Waals surface area contributed by atoms with Crippen LogP contribution in [0, 0.1) is 0 Å². The van der Waals surface area contributed by atoms with Crippen LogP contribution >= 0.6 is 11.6 Å². The van der Waals surface area contributed by atoms with Gasteiger partial charge < -0.3 is 14.8 Å². The highest BCUT2D eigenvalue weighted by atomic mass is 35.5. The lowest BCUT2D eigenvalue weighted by molar-refractivity contribution is -0.136. The summed E-state index contributed by atoms with van der Waals surface area (Å²) >= 11 is 6.17. The third-order valence-electron chi connectivity index (χ3n) is 4.71. The first-order chi connectivity index (χ1) is 16.6. The Hall–Kier alpha value is -3.84. The molecule has 176 valence electrons. The van der Waals surface area contributed by atoms with Gasteiger partial charge >= 0.3 is 11.8 Å². The average Bonchev–Trinajstić information content (AvgIpc) is 2.85. The topological polar surface area (TPSA) is 89.0 Å². The van der Waals surface area contributed by atoms with E-state index in [0.717, 1.165) is 18.4 Å². The number of amides is 2. The molecule has 0 aliphatic carbocycles. The number of benzene rings is 3. The van der Waals surface area contributed by atoms with E-state index in [0.29, 0.717) is 34.4 Å². The molecule has 8 heteroatoms. The minimum atomic E-state index is -0.894. The lowest BCUT2D eigenvalue weighted by Crippen LogP contribution is -2.32. The van der Waals surface area contributed by atoms with E-state index in [1.165, 1.54) is 6.21 Å². The fourth-order valence-corrected chi connectivity index (χ4v) is 3.05. The summed E-state index contributed by atoms with van der Waals surface area (Å²) in [5.41, 5.74) is 4.18. The molecule has 0 fully saturated rings. The molecule has 0 aromatic heterocycles. The molecule has 0 unspecified atom stereocenters. The van der Waals surface area contributed by atoms with Gasteiger partial charge in [0.1, 0.15) is 18.1 Å². The monoisotopic (exact) mass is 479 g/mol. The van der Waals surface area contributed by atoms with Gasteiger partial charge in [-0.1, -0.05) is 55.3 Å². The Bertz CT molecular complexity index is 1130. The zero-order valence-electron chi connectivity index (χ0n) is 18.8. The Kier molecular flexibility index (Phi) is 9.49. The Morgan fingerprint density at radius 2 is 1.68 bits per heavy atom. The number of carbonyl (C=O) groups excluding carboxylic acids is 2. The van der Waals surface area contributed by atoms with E-state index >= 15 is 0 Å². The van der Waals surface area contributed by atoms with E-state index in [-0.39, 0.29) is 6.61 Å². The van der Waals surface area contributed by atoms with Gasteiger partial charge in [0.05, 0.1) is 12.8 Å². The molecular weight excluding hydrogens is 454 g/mol. The number of halogens is 1. The first-order valence-electron chi connectivity index (χ1n) is 10.9. The zero-order valence-corrected chi connectivity index (χ0v) is 19.5. The molecule has 0 heterocycles. The summed E-state index contributed by atoms with van der Waals surface area (Å²) in [5, 5.41) is 7.02. The number of unbranched alkanes of at least 4 members (excludes halogenated alkanes) is 1. The molecular formula is C26H26ClN3O4. The van der Waals surface area contributed by atoms with E-state index in [1.54, 1.807) is 42.5 Å². The maximum absolute atomic E-state index is 12.1. The molecule has 0 aliphatic heterocycles. The molecule has 0 saturated carbocycles. The van der Waals surface area contributed by atoms with Crippen LogP contribution < -0.4 is 20.2 Å². The van der Waals surface area contributed by atoms with E-state index in [4.69, 9.17) is 21.1 Å². The van der Waals surface area contributed by atoms with E-state index in [1.807, 2.05) is 30.3 Å². The van der Waals surface area contributed by atoms with Gasteiger partial charge in [-0.05, 0) is 48.9 Å². The molecule has 2 N–H and O–H groups in total. The quantitative estimate of drug-likeness (QED) is 0.181. The predicted octanol–water partition coefficient (Wildman–Crippen LogP) is 5.19. The normalized spacial score (nSPS) is 10.6. The second kappa shape index (κ2) is 13.0. The van der Waals surface area contributed by atoms with Crippen molar-refractivity contribution >= 4 is 35.3 Å². The Labute approximate surface area is 203 Å². The molecule has 0 saturated heterocycles. The van der Waals surface area contributed by atoms with Crippen LogP contribution in [-0.2, 0) is 16.2 Å². The highest BCUT2D eigenvalue weighted by Gasteiger charge is 2.13. The minimum absolute atomic E-state index is 0.279. The van der Waals surface area contributed by atoms with Crippen LogP contribution in [0.1, 0.15) is 30.9 Å². The summed E-state index contributed by atoms with van der Waals surface area (Å²) in [6.07, 6.45) is 3.43. The van der Waals surface area contributed by atoms with Gasteiger partial charge in [0.15, 0.2) is 0 Å². The lowest BCUT2D eigenvalue weighted by atomic mass is 10.2. The van der Waals surface area contributed by atoms with Crippen LogP contribution in [0.2, 0.25) is 5.02 Å². The van der Waals surface area contributed by atoms with Crippen LogP contribution in [0.15, 0.2) is 77.9 Å². The summed E-state index contributed by atoms with van der Waals surface area (Å²) < 4.78 is 11.4. The maximum Gasteiger partial charge on any atom is 0.329 e. The number of anilines is 1. The number of hydrazone groups is 1. The summed E-state index contributed by atoms with van der Waals surface area (Å²) in [6, 6.07) is 21.4. The van der Waals surface area contributed by atoms with Crippen molar-refractivity contribution in [1.82, 2.24) is 5.43 Å². The van der Waals surface area contributed by atoms with Gasteiger partial charge in [0.2, 0.25) is 0 Å². The van der Waals surface area contributed by atoms with Gasteiger partial charge in [-0.3, -0.25) is 9.59 Å². The van der Waals surface area contributed by atoms with Crippen molar-refractivity contribution in [1.29, 1.82) is 0 Å². The van der Waals surface area contributed by atoms with Gasteiger partial charge in [-0.25, -0.2) is 5.43 Å². The van der Waals surface area contributed by atoms with Crippen molar-refractivity contribution in [2.75, 3.05) is 11.9 Å². The average molecular weight is 480 g/mol. The molecule has 0 radical (unpaired) electrons. The van der Waals surface area contributed by atoms with E-state index in [2.05, 4.69) is 22.8 Å². The molecule has 34 heavy (non-hydrogen) atoms. The third-order valence-corrected chi connectivity index (χ3v) is 5.08. The largest absolute Gasteiger partial charge is 0.494 e. The molecule has 3 rings (SSSR count). The first-order valence-corrected chi connectivity index (χ1v) is 11.3. The maximum atomic E-state index is 12.1. The summed E-state index contributed by atoms with van der Waals surface area (Å²) in [4.78, 5) is 24.2. The standard InChI is InChI=1S/C26H26ClN3O4/c1-2-3-16-33-22-14-12-21(13-15-22)29-25(31)26(32)30-28-17-19-8-5-7-11-24(19)34-18-20-9-4-6-10-23(20)27/h4-15,17H,2-3,16,18H2,1H3,(H,29,31)(H,30,32)/b28-17-. The van der Waals surface area contributed by atoms with Crippen molar-refractivity contribution in [3.63, 3.8) is 0 Å². The molecule has 7 nitrogen and oxygen atoms in total. The van der Waals surface area contributed by atoms with Crippen molar-refractivity contribution in [3.8, 4) is 11.5 Å². The summed E-state index contributed by atoms with van der Waals surface area (Å²) in [5.74, 6) is -0.462. The number of hydrogen-bond donors (Lipinski definition) is 2. The summed E-state index contributed by atoms with van der Waals surface area (Å²) in [7, 11) is 0. The van der Waals surface area contributed by atoms with Crippen LogP contribution in [0.5, 0.6) is 11.5 Å². The fourth-order valence-electron chi connectivity index (χ4n) is 2.86. The molecule has 3 aromatic carbocycles. The number of hydrogen-bond acceptors (Lipinski definition) is 5. The molecule has 0 bridgehead atoms. The predicted molar refractivity (Wildman–Crippen MR) is 133 cm³/mol. The highest BCUT2D eigenvalue weighted by molar-refractivity contribution is 6.39. The number of para-hydroxylation sites is 1. The van der Waals surface area contributed by atoms with Crippen molar-refractivity contribution < 1.29 is 19.1 Å². The third kappa shape index (κ3) is 7.64. The zero-order chi connectivity index (χ0) is 24.2. The second-order valence-corrected chi connectivity index (χ2v) is 7.70. The Morgan fingerprint density at radius 3 is 2.44 bits per heavy atom. The molecule has 3 aromatic rings. The van der Waals surface area contributed by atoms with Gasteiger partial charge in [-0.15, -0.1) is 0 Å². The van der Waals surface area contributed by atoms with Crippen molar-refractivity contribution in [2.45, 2.75) is 26.4 Å². The first kappa shape index (κ1) is 24.8. The number of carbonyl (C=O) groups is 2. The van der Waals surface area contributed by atoms with Crippen LogP contribution in [0.3, 0.4) is 0 Å². The molecule has 0 spiro atoms. The van der Waals surface area contributed by atoms with Crippen molar-refractivity contribution in [2.24, 2.45) is 5.10 Å². The fraction of sp³-hybridized carbons (Fsp3) is 0.192. The molecule has 0 atom stereocenters. The number of nitrogens with zero attached hydrogens (tertiary/aromatic N) is 1. The Morgan fingerprint density at radius 1 is 0.941 bits per heavy atom. The van der Waals surface area contributed by atoms with E-state index < -0.39 is 11.8 Å². The number of ether oxygens (including phenoxy) is 2. The SMILES string of the molecule is CCCCOc1ccc(NC(=O)C(=O)N/N=C\c2ccccc2OCc2ccccc2Cl)cc1. The van der Waals surface area contributed by atoms with Gasteiger partial charge in [-0.2, -0.15) is 5.10 Å². The Balaban J connectivity index is 1.51. The smallest absolute Gasteiger partial charge is 0.329 e. The second-order valence-electron chi connectivity index (χ2n) is 7.30. The van der Waals surface area contributed by atoms with Gasteiger partial charge in [0.25, 0.3) is 0 Å². The molecule has 0 aliphatic rings. The van der Waals surface area contributed by atoms with Crippen molar-refractivity contribution in [3.05, 3.63) is 88.9 Å². The number of nitrogens with one attached hydrogen (secondary N) is 2. The van der Waals surface area contributed by atoms with Gasteiger partial charge in [0, 0.05) is 21.8 Å². The number of rotatable bonds is 10. The summed E-state index contributed by atoms with van der Waals surface area (Å²) in [6.45, 7) is 3.00. The van der Waals surface area contributed by atoms with E-state index in [9.17, 15) is 9.59 Å². The highest BCUT2D eigenvalue weighted by Crippen LogP contribution is 2.21. The van der Waals surface area contributed by atoms with Crippen LogP contribution in [-0.4, -0.2) is 24.6 Å². The lowest BCUT2D eigenvalue weighted by Gasteiger charge is -2.10. The molecule has 2 amide bonds.